The average Bonchev–Trinajstić information content (AvgIpc) is 2.69. The third-order valence-electron chi connectivity index (χ3n) is 1.97. The Morgan fingerprint density at radius 1 is 1.40 bits per heavy atom. The lowest BCUT2D eigenvalue weighted by atomic mass is 10.4. The maximum Gasteiger partial charge on any atom is 0.335 e. The van der Waals surface area contributed by atoms with Crippen molar-refractivity contribution in [1.29, 1.82) is 0 Å². The highest BCUT2D eigenvalue weighted by molar-refractivity contribution is 4.98. The molecule has 0 radical (unpaired) electrons. The van der Waals surface area contributed by atoms with Gasteiger partial charge in [-0.1, -0.05) is 0 Å². The lowest BCUT2D eigenvalue weighted by Crippen LogP contribution is -2.38. The molecule has 56 valence electrons. The fourth-order valence-electron chi connectivity index (χ4n) is 1.29. The van der Waals surface area contributed by atoms with Crippen LogP contribution in [0, 0.1) is 6.10 Å². The number of hydrogen-bond acceptors (Lipinski definition) is 3. The number of epoxide rings is 1. The first-order chi connectivity index (χ1) is 4.88. The van der Waals surface area contributed by atoms with Crippen molar-refractivity contribution in [2.24, 2.45) is 0 Å². The van der Waals surface area contributed by atoms with Crippen LogP contribution in [0.4, 0.5) is 0 Å². The van der Waals surface area contributed by atoms with Gasteiger partial charge in [-0.05, 0) is 0 Å². The monoisotopic (exact) mass is 142 g/mol. The molecule has 0 spiro atoms. The molecule has 2 heterocycles. The lowest BCUT2D eigenvalue weighted by molar-refractivity contribution is 0.0162. The summed E-state index contributed by atoms with van der Waals surface area (Å²) in [6.45, 7) is 5.77. The topological polar surface area (TPSA) is 25.0 Å². The summed E-state index contributed by atoms with van der Waals surface area (Å²) in [5, 5.41) is 0. The van der Waals surface area contributed by atoms with Crippen molar-refractivity contribution < 1.29 is 9.47 Å². The summed E-state index contributed by atoms with van der Waals surface area (Å²) in [6, 6.07) is 0. The highest BCUT2D eigenvalue weighted by Crippen LogP contribution is 2.32. The minimum absolute atomic E-state index is 0.323. The van der Waals surface area contributed by atoms with E-state index in [1.807, 2.05) is 6.92 Å². The first-order valence-corrected chi connectivity index (χ1v) is 3.70. The molecule has 2 aliphatic rings. The molecule has 0 saturated carbocycles. The standard InChI is InChI=1S/C7H12NO2/c1-6-7(10-6)8-2-4-9-5-3-8/h7H,2-5H2,1H3/q+1. The van der Waals surface area contributed by atoms with Crippen LogP contribution in [0.15, 0.2) is 0 Å². The predicted octanol–water partition coefficient (Wildman–Crippen LogP) is 0.227. The van der Waals surface area contributed by atoms with E-state index >= 15 is 0 Å². The minimum atomic E-state index is 0.323. The van der Waals surface area contributed by atoms with E-state index in [9.17, 15) is 0 Å². The van der Waals surface area contributed by atoms with E-state index < -0.39 is 0 Å². The summed E-state index contributed by atoms with van der Waals surface area (Å²) in [6.07, 6.45) is 1.48. The molecule has 2 fully saturated rings. The van der Waals surface area contributed by atoms with Gasteiger partial charge >= 0.3 is 6.23 Å². The van der Waals surface area contributed by atoms with E-state index in [1.165, 1.54) is 0 Å². The Bertz CT molecular complexity index is 123. The Morgan fingerprint density at radius 3 is 2.50 bits per heavy atom. The molecule has 0 aromatic rings. The molecule has 2 aliphatic heterocycles. The van der Waals surface area contributed by atoms with Gasteiger partial charge in [0, 0.05) is 13.1 Å². The minimum Gasteiger partial charge on any atom is -0.379 e. The molecule has 2 saturated heterocycles. The zero-order valence-corrected chi connectivity index (χ0v) is 6.17. The van der Waals surface area contributed by atoms with Crippen LogP contribution >= 0.6 is 0 Å². The van der Waals surface area contributed by atoms with Crippen molar-refractivity contribution in [3.63, 3.8) is 0 Å². The largest absolute Gasteiger partial charge is 0.379 e. The number of nitrogens with zero attached hydrogens (tertiary/aromatic N) is 1. The molecule has 3 heteroatoms. The summed E-state index contributed by atoms with van der Waals surface area (Å²) in [5.41, 5.74) is 0. The Balaban J connectivity index is 1.81. The van der Waals surface area contributed by atoms with Gasteiger partial charge in [-0.25, -0.2) is 4.90 Å². The molecule has 10 heavy (non-hydrogen) atoms. The molecule has 0 amide bonds. The van der Waals surface area contributed by atoms with E-state index in [0.29, 0.717) is 6.23 Å². The number of rotatable bonds is 1. The van der Waals surface area contributed by atoms with Crippen molar-refractivity contribution in [2.45, 2.75) is 13.2 Å². The van der Waals surface area contributed by atoms with E-state index in [0.717, 1.165) is 32.4 Å². The fraction of sp³-hybridized carbons (Fsp3) is 0.857. The first-order valence-electron chi connectivity index (χ1n) is 3.70. The Morgan fingerprint density at radius 2 is 2.00 bits per heavy atom. The Labute approximate surface area is 60.9 Å². The average molecular weight is 142 g/mol. The van der Waals surface area contributed by atoms with Gasteiger partial charge in [0.2, 0.25) is 0 Å². The third-order valence-corrected chi connectivity index (χ3v) is 1.97. The molecule has 0 aliphatic carbocycles. The van der Waals surface area contributed by atoms with Crippen LogP contribution in [0.25, 0.3) is 0 Å². The molecular weight excluding hydrogens is 130 g/mol. The van der Waals surface area contributed by atoms with Crippen molar-refractivity contribution in [3.05, 3.63) is 6.10 Å². The zero-order chi connectivity index (χ0) is 6.97. The van der Waals surface area contributed by atoms with E-state index in [4.69, 9.17) is 9.47 Å². The van der Waals surface area contributed by atoms with Gasteiger partial charge in [0.25, 0.3) is 6.10 Å². The highest BCUT2D eigenvalue weighted by atomic mass is 16.6. The molecule has 1 atom stereocenters. The number of hydrogen-bond donors (Lipinski definition) is 0. The van der Waals surface area contributed by atoms with Gasteiger partial charge in [0.05, 0.1) is 13.2 Å². The highest BCUT2D eigenvalue weighted by Gasteiger charge is 2.56. The molecule has 0 N–H and O–H groups in total. The second-order valence-electron chi connectivity index (χ2n) is 2.73. The SMILES string of the molecule is C[C+]1OC1N1CCOCC1. The number of morpholine rings is 1. The van der Waals surface area contributed by atoms with Gasteiger partial charge in [-0.15, -0.1) is 4.74 Å². The third kappa shape index (κ3) is 1.12. The Kier molecular flexibility index (Phi) is 1.56. The fourth-order valence-corrected chi connectivity index (χ4v) is 1.29. The van der Waals surface area contributed by atoms with Crippen molar-refractivity contribution >= 4 is 0 Å². The smallest absolute Gasteiger partial charge is 0.335 e. The van der Waals surface area contributed by atoms with E-state index in [-0.39, 0.29) is 0 Å². The summed E-state index contributed by atoms with van der Waals surface area (Å²) in [4.78, 5) is 2.30. The molecule has 3 nitrogen and oxygen atoms in total. The van der Waals surface area contributed by atoms with Crippen LogP contribution in [0.1, 0.15) is 6.92 Å². The molecular formula is C7H12NO2+. The number of ether oxygens (including phenoxy) is 2. The van der Waals surface area contributed by atoms with Crippen LogP contribution in [0.3, 0.4) is 0 Å². The van der Waals surface area contributed by atoms with Crippen LogP contribution in [0.5, 0.6) is 0 Å². The van der Waals surface area contributed by atoms with Crippen molar-refractivity contribution in [2.75, 3.05) is 26.3 Å². The van der Waals surface area contributed by atoms with Gasteiger partial charge < -0.3 is 4.74 Å². The van der Waals surface area contributed by atoms with Crippen LogP contribution < -0.4 is 0 Å². The van der Waals surface area contributed by atoms with Gasteiger partial charge in [0.1, 0.15) is 6.92 Å². The summed E-state index contributed by atoms with van der Waals surface area (Å²) in [7, 11) is 0. The van der Waals surface area contributed by atoms with Crippen molar-refractivity contribution in [3.8, 4) is 0 Å². The quantitative estimate of drug-likeness (QED) is 0.387. The molecule has 2 rings (SSSR count). The maximum absolute atomic E-state index is 5.24. The molecule has 1 unspecified atom stereocenters. The molecule has 0 aromatic heterocycles. The molecule has 0 bridgehead atoms. The summed E-state index contributed by atoms with van der Waals surface area (Å²) < 4.78 is 10.4. The second kappa shape index (κ2) is 2.42. The van der Waals surface area contributed by atoms with Crippen molar-refractivity contribution in [1.82, 2.24) is 4.90 Å². The zero-order valence-electron chi connectivity index (χ0n) is 6.17. The summed E-state index contributed by atoms with van der Waals surface area (Å²) in [5.74, 6) is 0. The maximum atomic E-state index is 5.24. The van der Waals surface area contributed by atoms with Crippen LogP contribution in [0.2, 0.25) is 0 Å². The van der Waals surface area contributed by atoms with E-state index in [2.05, 4.69) is 4.90 Å². The molecule has 0 aromatic carbocycles. The van der Waals surface area contributed by atoms with Crippen LogP contribution in [-0.2, 0) is 9.47 Å². The van der Waals surface area contributed by atoms with Gasteiger partial charge in [-0.2, -0.15) is 0 Å². The normalized spacial score (nSPS) is 34.5. The predicted molar refractivity (Wildman–Crippen MR) is 36.2 cm³/mol. The first kappa shape index (κ1) is 6.46. The summed E-state index contributed by atoms with van der Waals surface area (Å²) >= 11 is 0. The lowest BCUT2D eigenvalue weighted by Gasteiger charge is -2.20. The van der Waals surface area contributed by atoms with Crippen LogP contribution in [-0.4, -0.2) is 37.4 Å². The van der Waals surface area contributed by atoms with Gasteiger partial charge in [-0.3, -0.25) is 0 Å². The second-order valence-corrected chi connectivity index (χ2v) is 2.73. The van der Waals surface area contributed by atoms with Gasteiger partial charge in [0.15, 0.2) is 0 Å². The van der Waals surface area contributed by atoms with E-state index in [1.54, 1.807) is 0 Å². The Hall–Kier alpha value is -0.250.